The fourth-order valence-electron chi connectivity index (χ4n) is 3.80. The molecule has 1 heterocycles. The van der Waals surface area contributed by atoms with E-state index in [4.69, 9.17) is 0 Å². The van der Waals surface area contributed by atoms with Crippen LogP contribution in [0.3, 0.4) is 0 Å². The Morgan fingerprint density at radius 2 is 1.93 bits per heavy atom. The molecule has 0 radical (unpaired) electrons. The fourth-order valence-corrected chi connectivity index (χ4v) is 5.05. The lowest BCUT2D eigenvalue weighted by atomic mass is 9.88. The molecule has 1 aliphatic carbocycles. The smallest absolute Gasteiger partial charge is 0.285 e. The number of hydrogen-bond donors (Lipinski definition) is 1. The first-order valence-corrected chi connectivity index (χ1v) is 10.4. The lowest BCUT2D eigenvalue weighted by molar-refractivity contribution is -0.122. The minimum atomic E-state index is -3.69. The third kappa shape index (κ3) is 3.35. The highest BCUT2D eigenvalue weighted by molar-refractivity contribution is 7.90. The summed E-state index contributed by atoms with van der Waals surface area (Å²) < 4.78 is 28.2. The largest absolute Gasteiger partial charge is 0.349 e. The number of fused-ring (bicyclic) bond motifs is 2. The summed E-state index contributed by atoms with van der Waals surface area (Å²) in [7, 11) is -2.00. The quantitative estimate of drug-likeness (QED) is 0.882. The number of carbonyl (C=O) groups is 1. The number of amides is 1. The van der Waals surface area contributed by atoms with E-state index in [1.165, 1.54) is 17.2 Å². The second-order valence-electron chi connectivity index (χ2n) is 6.95. The first-order chi connectivity index (χ1) is 13.0. The number of carbonyl (C=O) groups excluding carboxylic acids is 1. The van der Waals surface area contributed by atoms with Gasteiger partial charge in [0.15, 0.2) is 5.84 Å². The summed E-state index contributed by atoms with van der Waals surface area (Å²) in [5, 5.41) is 3.09. The summed E-state index contributed by atoms with van der Waals surface area (Å²) in [5.41, 5.74) is 2.99. The van der Waals surface area contributed by atoms with Crippen molar-refractivity contribution in [2.45, 2.75) is 30.2 Å². The van der Waals surface area contributed by atoms with E-state index in [0.717, 1.165) is 19.3 Å². The molecule has 27 heavy (non-hydrogen) atoms. The van der Waals surface area contributed by atoms with Crippen LogP contribution < -0.4 is 5.32 Å². The van der Waals surface area contributed by atoms with Gasteiger partial charge in [-0.15, -0.1) is 4.40 Å². The molecule has 1 aliphatic heterocycles. The highest BCUT2D eigenvalue weighted by Crippen LogP contribution is 2.30. The van der Waals surface area contributed by atoms with Crippen molar-refractivity contribution in [1.82, 2.24) is 10.2 Å². The highest BCUT2D eigenvalue weighted by atomic mass is 32.2. The van der Waals surface area contributed by atoms with Crippen LogP contribution in [-0.2, 0) is 21.2 Å². The molecule has 1 amide bonds. The topological polar surface area (TPSA) is 78.8 Å². The van der Waals surface area contributed by atoms with E-state index in [1.807, 2.05) is 12.1 Å². The molecule has 4 rings (SSSR count). The van der Waals surface area contributed by atoms with Gasteiger partial charge in [0.2, 0.25) is 5.91 Å². The molecule has 7 heteroatoms. The lowest BCUT2D eigenvalue weighted by Crippen LogP contribution is -2.40. The number of nitrogens with zero attached hydrogens (tertiary/aromatic N) is 2. The van der Waals surface area contributed by atoms with Crippen molar-refractivity contribution in [1.29, 1.82) is 0 Å². The van der Waals surface area contributed by atoms with Crippen molar-refractivity contribution in [3.05, 3.63) is 65.2 Å². The number of aryl methyl sites for hydroxylation is 1. The Kier molecular flexibility index (Phi) is 4.47. The van der Waals surface area contributed by atoms with Gasteiger partial charge in [-0.1, -0.05) is 36.4 Å². The lowest BCUT2D eigenvalue weighted by Gasteiger charge is -2.27. The van der Waals surface area contributed by atoms with Gasteiger partial charge in [0.05, 0.1) is 12.6 Å². The Labute approximate surface area is 159 Å². The Morgan fingerprint density at radius 3 is 2.78 bits per heavy atom. The van der Waals surface area contributed by atoms with E-state index in [2.05, 4.69) is 21.8 Å². The second-order valence-corrected chi connectivity index (χ2v) is 8.53. The van der Waals surface area contributed by atoms with Crippen molar-refractivity contribution in [2.24, 2.45) is 4.40 Å². The predicted octanol–water partition coefficient (Wildman–Crippen LogP) is 2.26. The number of nitrogens with one attached hydrogen (secondary N) is 1. The van der Waals surface area contributed by atoms with E-state index in [9.17, 15) is 13.2 Å². The average molecular weight is 383 g/mol. The van der Waals surface area contributed by atoms with Crippen molar-refractivity contribution >= 4 is 21.8 Å². The van der Waals surface area contributed by atoms with Gasteiger partial charge in [-0.25, -0.2) is 0 Å². The molecule has 0 spiro atoms. The van der Waals surface area contributed by atoms with Gasteiger partial charge in [0.1, 0.15) is 4.90 Å². The molecular formula is C20H21N3O3S. The van der Waals surface area contributed by atoms with E-state index < -0.39 is 10.0 Å². The maximum Gasteiger partial charge on any atom is 0.285 e. The highest BCUT2D eigenvalue weighted by Gasteiger charge is 2.31. The number of likely N-dealkylation sites (N-methyl/N-ethyl adjacent to an activating group) is 1. The fraction of sp³-hybridized carbons (Fsp3) is 0.300. The van der Waals surface area contributed by atoms with Crippen LogP contribution >= 0.6 is 0 Å². The van der Waals surface area contributed by atoms with Crippen LogP contribution in [0.5, 0.6) is 0 Å². The SMILES string of the molecule is CN(CC(=O)NC1CCCc2ccccc21)C1=NS(=O)(=O)c2ccccc21. The van der Waals surface area contributed by atoms with Gasteiger partial charge >= 0.3 is 0 Å². The third-order valence-corrected chi connectivity index (χ3v) is 6.38. The molecule has 1 unspecified atom stereocenters. The number of benzene rings is 2. The van der Waals surface area contributed by atoms with E-state index in [0.29, 0.717) is 11.4 Å². The average Bonchev–Trinajstić information content (AvgIpc) is 2.94. The Bertz CT molecular complexity index is 1030. The Morgan fingerprint density at radius 1 is 1.19 bits per heavy atom. The second kappa shape index (κ2) is 6.81. The Hall–Kier alpha value is -2.67. The predicted molar refractivity (Wildman–Crippen MR) is 103 cm³/mol. The summed E-state index contributed by atoms with van der Waals surface area (Å²) in [6.07, 6.45) is 2.98. The van der Waals surface area contributed by atoms with Crippen LogP contribution in [0.4, 0.5) is 0 Å². The first kappa shape index (κ1) is 17.7. The van der Waals surface area contributed by atoms with E-state index in [1.54, 1.807) is 30.1 Å². The molecule has 2 aliphatic rings. The zero-order valence-corrected chi connectivity index (χ0v) is 15.9. The monoisotopic (exact) mass is 383 g/mol. The third-order valence-electron chi connectivity index (χ3n) is 5.06. The summed E-state index contributed by atoms with van der Waals surface area (Å²) in [6, 6.07) is 14.9. The minimum absolute atomic E-state index is 0.00242. The molecular weight excluding hydrogens is 362 g/mol. The minimum Gasteiger partial charge on any atom is -0.349 e. The maximum absolute atomic E-state index is 12.6. The van der Waals surface area contributed by atoms with Crippen molar-refractivity contribution in [2.75, 3.05) is 13.6 Å². The molecule has 2 aromatic rings. The zero-order valence-electron chi connectivity index (χ0n) is 15.1. The molecule has 1 N–H and O–H groups in total. The Balaban J connectivity index is 1.49. The van der Waals surface area contributed by atoms with Crippen molar-refractivity contribution < 1.29 is 13.2 Å². The van der Waals surface area contributed by atoms with Gasteiger partial charge in [0, 0.05) is 12.6 Å². The van der Waals surface area contributed by atoms with Gasteiger partial charge in [-0.05, 0) is 42.5 Å². The normalized spacial score (nSPS) is 19.6. The summed E-state index contributed by atoms with van der Waals surface area (Å²) in [4.78, 5) is 14.4. The van der Waals surface area contributed by atoms with E-state index >= 15 is 0 Å². The molecule has 6 nitrogen and oxygen atoms in total. The van der Waals surface area contributed by atoms with Crippen LogP contribution in [0, 0.1) is 0 Å². The molecule has 0 saturated heterocycles. The zero-order chi connectivity index (χ0) is 19.0. The van der Waals surface area contributed by atoms with E-state index in [-0.39, 0.29) is 23.4 Å². The number of hydrogen-bond acceptors (Lipinski definition) is 4. The number of amidine groups is 1. The molecule has 0 fully saturated rings. The van der Waals surface area contributed by atoms with Crippen LogP contribution in [0.2, 0.25) is 0 Å². The van der Waals surface area contributed by atoms with Crippen molar-refractivity contribution in [3.63, 3.8) is 0 Å². The van der Waals surface area contributed by atoms with Crippen LogP contribution in [-0.4, -0.2) is 38.7 Å². The maximum atomic E-state index is 12.6. The molecule has 1 atom stereocenters. The molecule has 2 aromatic carbocycles. The van der Waals surface area contributed by atoms with Gasteiger partial charge < -0.3 is 10.2 Å². The number of rotatable bonds is 3. The van der Waals surface area contributed by atoms with Crippen LogP contribution in [0.25, 0.3) is 0 Å². The van der Waals surface area contributed by atoms with Gasteiger partial charge in [-0.2, -0.15) is 8.42 Å². The van der Waals surface area contributed by atoms with Gasteiger partial charge in [-0.3, -0.25) is 4.79 Å². The summed E-state index contributed by atoms with van der Waals surface area (Å²) in [5.74, 6) is 0.161. The van der Waals surface area contributed by atoms with Crippen LogP contribution in [0.15, 0.2) is 57.8 Å². The van der Waals surface area contributed by atoms with Gasteiger partial charge in [0.25, 0.3) is 10.0 Å². The number of sulfonamides is 1. The molecule has 0 bridgehead atoms. The standard InChI is InChI=1S/C20H21N3O3S/c1-23(20-16-10-4-5-12-18(16)27(25,26)22-20)13-19(24)21-17-11-6-8-14-7-2-3-9-15(14)17/h2-5,7,9-10,12,17H,6,8,11,13H2,1H3,(H,21,24). The molecule has 140 valence electrons. The summed E-state index contributed by atoms with van der Waals surface area (Å²) in [6.45, 7) is 0.0430. The molecule has 0 aromatic heterocycles. The van der Waals surface area contributed by atoms with Crippen LogP contribution in [0.1, 0.15) is 35.6 Å². The van der Waals surface area contributed by atoms with Crippen molar-refractivity contribution in [3.8, 4) is 0 Å². The molecule has 0 saturated carbocycles. The first-order valence-electron chi connectivity index (χ1n) is 8.98. The summed E-state index contributed by atoms with van der Waals surface area (Å²) >= 11 is 0.